The molecule has 0 saturated carbocycles. The highest BCUT2D eigenvalue weighted by Gasteiger charge is 2.14. The van der Waals surface area contributed by atoms with Gasteiger partial charge >= 0.3 is 0 Å². The number of nitrogen functional groups attached to an aromatic ring is 1. The maximum Gasteiger partial charge on any atom is 0.255 e. The van der Waals surface area contributed by atoms with Gasteiger partial charge in [0.15, 0.2) is 0 Å². The Hall–Kier alpha value is -1.51. The van der Waals surface area contributed by atoms with Crippen LogP contribution in [-0.2, 0) is 0 Å². The number of benzene rings is 1. The third-order valence-corrected chi connectivity index (χ3v) is 2.46. The molecule has 0 heterocycles. The molecule has 0 saturated heterocycles. The Morgan fingerprint density at radius 1 is 1.47 bits per heavy atom. The van der Waals surface area contributed by atoms with E-state index in [1.165, 1.54) is 0 Å². The average molecular weight is 206 g/mol. The van der Waals surface area contributed by atoms with Gasteiger partial charge in [-0.3, -0.25) is 4.79 Å². The third-order valence-electron chi connectivity index (χ3n) is 2.46. The largest absolute Gasteiger partial charge is 0.398 e. The zero-order valence-electron chi connectivity index (χ0n) is 9.58. The molecular formula is C12H18N2O. The number of anilines is 1. The van der Waals surface area contributed by atoms with Crippen molar-refractivity contribution < 1.29 is 4.79 Å². The number of carbonyl (C=O) groups is 1. The Morgan fingerprint density at radius 3 is 2.73 bits per heavy atom. The van der Waals surface area contributed by atoms with Crippen LogP contribution in [0.4, 0.5) is 5.69 Å². The topological polar surface area (TPSA) is 46.3 Å². The number of nitrogens with zero attached hydrogens (tertiary/aromatic N) is 1. The molecule has 3 heteroatoms. The standard InChI is InChI=1S/C12H18N2O/c1-4-8-14(3)12(15)10-7-5-6-9(2)11(10)13/h5-7H,4,8,13H2,1-3H3. The molecule has 0 aliphatic heterocycles. The van der Waals surface area contributed by atoms with Gasteiger partial charge in [0.05, 0.1) is 5.56 Å². The van der Waals surface area contributed by atoms with Gasteiger partial charge < -0.3 is 10.6 Å². The van der Waals surface area contributed by atoms with Gasteiger partial charge in [0, 0.05) is 19.3 Å². The van der Waals surface area contributed by atoms with E-state index in [0.29, 0.717) is 11.3 Å². The number of hydrogen-bond donors (Lipinski definition) is 1. The van der Waals surface area contributed by atoms with Crippen molar-refractivity contribution in [2.24, 2.45) is 0 Å². The molecule has 0 fully saturated rings. The molecule has 0 bridgehead atoms. The van der Waals surface area contributed by atoms with Gasteiger partial charge in [-0.2, -0.15) is 0 Å². The molecule has 2 N–H and O–H groups in total. The molecule has 0 aliphatic rings. The van der Waals surface area contributed by atoms with E-state index in [0.717, 1.165) is 18.5 Å². The van der Waals surface area contributed by atoms with Crippen molar-refractivity contribution in [2.45, 2.75) is 20.3 Å². The van der Waals surface area contributed by atoms with Crippen LogP contribution in [0.3, 0.4) is 0 Å². The molecule has 1 rings (SSSR count). The summed E-state index contributed by atoms with van der Waals surface area (Å²) in [4.78, 5) is 13.7. The Kier molecular flexibility index (Phi) is 3.72. The van der Waals surface area contributed by atoms with Crippen molar-refractivity contribution in [3.05, 3.63) is 29.3 Å². The van der Waals surface area contributed by atoms with Crippen LogP contribution in [0.25, 0.3) is 0 Å². The van der Waals surface area contributed by atoms with Crippen LogP contribution in [0.15, 0.2) is 18.2 Å². The molecule has 1 aromatic rings. The summed E-state index contributed by atoms with van der Waals surface area (Å²) < 4.78 is 0. The smallest absolute Gasteiger partial charge is 0.255 e. The van der Waals surface area contributed by atoms with Crippen LogP contribution in [0.5, 0.6) is 0 Å². The first-order valence-corrected chi connectivity index (χ1v) is 5.18. The van der Waals surface area contributed by atoms with Crippen LogP contribution in [0.2, 0.25) is 0 Å². The van der Waals surface area contributed by atoms with Gasteiger partial charge in [0.2, 0.25) is 0 Å². The fraction of sp³-hybridized carbons (Fsp3) is 0.417. The molecule has 82 valence electrons. The van der Waals surface area contributed by atoms with E-state index in [2.05, 4.69) is 0 Å². The van der Waals surface area contributed by atoms with Crippen molar-refractivity contribution in [3.8, 4) is 0 Å². The zero-order chi connectivity index (χ0) is 11.4. The quantitative estimate of drug-likeness (QED) is 0.769. The predicted molar refractivity (Wildman–Crippen MR) is 62.8 cm³/mol. The first-order chi connectivity index (χ1) is 7.07. The van der Waals surface area contributed by atoms with Crippen LogP contribution in [0, 0.1) is 6.92 Å². The highest BCUT2D eigenvalue weighted by atomic mass is 16.2. The normalized spacial score (nSPS) is 10.1. The van der Waals surface area contributed by atoms with E-state index >= 15 is 0 Å². The van der Waals surface area contributed by atoms with E-state index in [9.17, 15) is 4.79 Å². The monoisotopic (exact) mass is 206 g/mol. The van der Waals surface area contributed by atoms with Gasteiger partial charge in [-0.1, -0.05) is 19.1 Å². The van der Waals surface area contributed by atoms with Crippen molar-refractivity contribution in [3.63, 3.8) is 0 Å². The summed E-state index contributed by atoms with van der Waals surface area (Å²) in [5.41, 5.74) is 8.01. The number of amides is 1. The van der Waals surface area contributed by atoms with E-state index < -0.39 is 0 Å². The number of aryl methyl sites for hydroxylation is 1. The molecule has 0 radical (unpaired) electrons. The Balaban J connectivity index is 2.96. The minimum absolute atomic E-state index is 0.00181. The summed E-state index contributed by atoms with van der Waals surface area (Å²) in [6, 6.07) is 5.54. The maximum absolute atomic E-state index is 12.0. The second-order valence-corrected chi connectivity index (χ2v) is 3.76. The Morgan fingerprint density at radius 2 is 2.13 bits per heavy atom. The number of hydrogen-bond acceptors (Lipinski definition) is 2. The van der Waals surface area contributed by atoms with Crippen molar-refractivity contribution in [2.75, 3.05) is 19.3 Å². The molecule has 0 atom stereocenters. The molecular weight excluding hydrogens is 188 g/mol. The Bertz CT molecular complexity index is 361. The lowest BCUT2D eigenvalue weighted by Crippen LogP contribution is -2.28. The predicted octanol–water partition coefficient (Wildman–Crippen LogP) is 2.06. The van der Waals surface area contributed by atoms with E-state index in [1.807, 2.05) is 26.0 Å². The molecule has 1 amide bonds. The van der Waals surface area contributed by atoms with Crippen molar-refractivity contribution in [1.82, 2.24) is 4.90 Å². The van der Waals surface area contributed by atoms with Gasteiger partial charge in [-0.15, -0.1) is 0 Å². The molecule has 15 heavy (non-hydrogen) atoms. The number of carbonyl (C=O) groups excluding carboxylic acids is 1. The summed E-state index contributed by atoms with van der Waals surface area (Å²) in [6.07, 6.45) is 0.952. The van der Waals surface area contributed by atoms with Crippen LogP contribution in [0.1, 0.15) is 29.3 Å². The van der Waals surface area contributed by atoms with Crippen molar-refractivity contribution in [1.29, 1.82) is 0 Å². The van der Waals surface area contributed by atoms with E-state index in [-0.39, 0.29) is 5.91 Å². The first kappa shape index (κ1) is 11.6. The fourth-order valence-corrected chi connectivity index (χ4v) is 1.51. The molecule has 3 nitrogen and oxygen atoms in total. The summed E-state index contributed by atoms with van der Waals surface area (Å²) in [5.74, 6) is -0.00181. The number of para-hydroxylation sites is 1. The van der Waals surface area contributed by atoms with Crippen LogP contribution in [-0.4, -0.2) is 24.4 Å². The van der Waals surface area contributed by atoms with Crippen molar-refractivity contribution >= 4 is 11.6 Å². The first-order valence-electron chi connectivity index (χ1n) is 5.18. The van der Waals surface area contributed by atoms with E-state index in [4.69, 9.17) is 5.73 Å². The third kappa shape index (κ3) is 2.49. The van der Waals surface area contributed by atoms with E-state index in [1.54, 1.807) is 18.0 Å². The summed E-state index contributed by atoms with van der Waals surface area (Å²) >= 11 is 0. The van der Waals surface area contributed by atoms with Gasteiger partial charge in [-0.25, -0.2) is 0 Å². The molecule has 0 spiro atoms. The second kappa shape index (κ2) is 4.82. The van der Waals surface area contributed by atoms with Crippen LogP contribution >= 0.6 is 0 Å². The van der Waals surface area contributed by atoms with Gasteiger partial charge in [-0.05, 0) is 25.0 Å². The maximum atomic E-state index is 12.0. The second-order valence-electron chi connectivity index (χ2n) is 3.76. The summed E-state index contributed by atoms with van der Waals surface area (Å²) in [5, 5.41) is 0. The molecule has 0 unspecified atom stereocenters. The summed E-state index contributed by atoms with van der Waals surface area (Å²) in [7, 11) is 1.80. The number of nitrogens with two attached hydrogens (primary N) is 1. The highest BCUT2D eigenvalue weighted by Crippen LogP contribution is 2.17. The molecule has 1 aromatic carbocycles. The molecule has 0 aromatic heterocycles. The summed E-state index contributed by atoms with van der Waals surface area (Å²) in [6.45, 7) is 4.71. The minimum Gasteiger partial charge on any atom is -0.398 e. The van der Waals surface area contributed by atoms with Crippen LogP contribution < -0.4 is 5.73 Å². The SMILES string of the molecule is CCCN(C)C(=O)c1cccc(C)c1N. The van der Waals surface area contributed by atoms with Gasteiger partial charge in [0.25, 0.3) is 5.91 Å². The average Bonchev–Trinajstić information content (AvgIpc) is 2.21. The zero-order valence-corrected chi connectivity index (χ0v) is 9.58. The molecule has 0 aliphatic carbocycles. The lowest BCUT2D eigenvalue weighted by atomic mass is 10.1. The highest BCUT2D eigenvalue weighted by molar-refractivity contribution is 5.99. The fourth-order valence-electron chi connectivity index (χ4n) is 1.51. The lowest BCUT2D eigenvalue weighted by molar-refractivity contribution is 0.0796. The number of rotatable bonds is 3. The minimum atomic E-state index is -0.00181. The van der Waals surface area contributed by atoms with Gasteiger partial charge in [0.1, 0.15) is 0 Å². The Labute approximate surface area is 90.9 Å². The lowest BCUT2D eigenvalue weighted by Gasteiger charge is -2.17.